The van der Waals surface area contributed by atoms with Crippen molar-refractivity contribution in [2.24, 2.45) is 0 Å². The summed E-state index contributed by atoms with van der Waals surface area (Å²) in [5.74, 6) is 0. The van der Waals surface area contributed by atoms with Gasteiger partial charge in [0.2, 0.25) is 6.71 Å². The number of thiophene rings is 1. The van der Waals surface area contributed by atoms with Crippen LogP contribution in [-0.2, 0) is 33.5 Å². The minimum atomic E-state index is 0.00245. The molecule has 0 spiro atoms. The Morgan fingerprint density at radius 3 is 1.87 bits per heavy atom. The number of rotatable bonds is 4. The normalized spacial score (nSPS) is 16.7. The summed E-state index contributed by atoms with van der Waals surface area (Å²) in [5, 5.41) is 2.86. The summed E-state index contributed by atoms with van der Waals surface area (Å²) in [4.78, 5) is 4.08. The van der Waals surface area contributed by atoms with Gasteiger partial charge in [-0.25, -0.2) is 0 Å². The molecule has 1 nitrogen and oxygen atoms in total. The maximum atomic E-state index is 2.68. The molecule has 0 saturated heterocycles. The Hall–Kier alpha value is -4.12. The van der Waals surface area contributed by atoms with Crippen molar-refractivity contribution in [2.75, 3.05) is 4.90 Å². The van der Waals surface area contributed by atoms with Crippen LogP contribution in [0.3, 0.4) is 0 Å². The number of anilines is 3. The van der Waals surface area contributed by atoms with Gasteiger partial charge in [0.05, 0.1) is 9.52 Å². The fourth-order valence-corrected chi connectivity index (χ4v) is 12.3. The molecule has 3 heterocycles. The zero-order valence-corrected chi connectivity index (χ0v) is 41.5. The fourth-order valence-electron chi connectivity index (χ4n) is 10.5. The van der Waals surface area contributed by atoms with Gasteiger partial charge in [-0.05, 0) is 162 Å². The number of allylic oxidation sites excluding steroid dienone is 1. The van der Waals surface area contributed by atoms with Crippen molar-refractivity contribution in [1.82, 2.24) is 0 Å². The molecule has 0 atom stereocenters. The Balaban J connectivity index is 1.41. The van der Waals surface area contributed by atoms with Crippen molar-refractivity contribution in [3.8, 4) is 0 Å². The molecule has 0 fully saturated rings. The molecule has 1 aliphatic carbocycles. The fraction of sp³-hybridized carbons (Fsp3) is 0.404. The van der Waals surface area contributed by atoms with Crippen LogP contribution in [-0.4, -0.2) is 16.2 Å². The Bertz CT molecular complexity index is 2770. The summed E-state index contributed by atoms with van der Waals surface area (Å²) >= 11 is 2.06. The van der Waals surface area contributed by atoms with E-state index in [9.17, 15) is 0 Å². The molecule has 0 N–H and O–H groups in total. The maximum absolute atomic E-state index is 2.68. The lowest BCUT2D eigenvalue weighted by Gasteiger charge is -2.42. The highest BCUT2D eigenvalue weighted by atomic mass is 32.1. The van der Waals surface area contributed by atoms with Gasteiger partial charge >= 0.3 is 0 Å². The molecule has 9 rings (SSSR count). The van der Waals surface area contributed by atoms with E-state index in [1.165, 1.54) is 105 Å². The number of fused-ring (bicyclic) bond motifs is 7. The van der Waals surface area contributed by atoms with Crippen molar-refractivity contribution in [3.63, 3.8) is 0 Å². The summed E-state index contributed by atoms with van der Waals surface area (Å²) in [6, 6.07) is 34.6. The van der Waals surface area contributed by atoms with Crippen LogP contribution in [0.4, 0.5) is 17.1 Å². The van der Waals surface area contributed by atoms with Gasteiger partial charge in [-0.2, -0.15) is 0 Å². The van der Waals surface area contributed by atoms with Crippen LogP contribution < -0.4 is 26.5 Å². The van der Waals surface area contributed by atoms with Crippen LogP contribution in [0.5, 0.6) is 0 Å². The average molecular weight is 836 g/mol. The van der Waals surface area contributed by atoms with Crippen LogP contribution in [0.25, 0.3) is 21.7 Å². The number of nitrogens with zero attached hydrogens (tertiary/aromatic N) is 1. The van der Waals surface area contributed by atoms with Crippen molar-refractivity contribution in [3.05, 3.63) is 134 Å². The quantitative estimate of drug-likeness (QED) is 0.160. The lowest BCUT2D eigenvalue weighted by Crippen LogP contribution is -2.59. The van der Waals surface area contributed by atoms with Crippen LogP contribution in [0, 0.1) is 6.92 Å². The van der Waals surface area contributed by atoms with E-state index in [1.807, 2.05) is 0 Å². The van der Waals surface area contributed by atoms with Gasteiger partial charge in [0, 0.05) is 26.6 Å². The highest BCUT2D eigenvalue weighted by Gasteiger charge is 2.44. The van der Waals surface area contributed by atoms with Crippen molar-refractivity contribution in [1.29, 1.82) is 0 Å². The Morgan fingerprint density at radius 1 is 0.656 bits per heavy atom. The van der Waals surface area contributed by atoms with Crippen LogP contribution in [0.15, 0.2) is 84.9 Å². The molecule has 6 aromatic rings. The molecule has 0 unspecified atom stereocenters. The summed E-state index contributed by atoms with van der Waals surface area (Å²) in [5.41, 5.74) is 21.5. The summed E-state index contributed by atoms with van der Waals surface area (Å²) in [6.07, 6.45) is 5.96. The smallest absolute Gasteiger partial charge is 0.250 e. The lowest BCUT2D eigenvalue weighted by molar-refractivity contribution is 0.332. The molecule has 1 aromatic heterocycles. The van der Waals surface area contributed by atoms with Crippen LogP contribution in [0.1, 0.15) is 152 Å². The number of aryl methyl sites for hydroxylation is 1. The first kappa shape index (κ1) is 42.2. The third-order valence-corrected chi connectivity index (χ3v) is 16.8. The first-order valence-corrected chi connectivity index (χ1v) is 25.1. The minimum Gasteiger partial charge on any atom is -0.312 e. The third kappa shape index (κ3) is 7.13. The van der Waals surface area contributed by atoms with Gasteiger partial charge in [-0.3, -0.25) is 0 Å². The highest BCUT2D eigenvalue weighted by Crippen LogP contribution is 2.49. The van der Waals surface area contributed by atoms with Crippen molar-refractivity contribution in [2.45, 2.75) is 150 Å². The van der Waals surface area contributed by atoms with Crippen LogP contribution >= 0.6 is 11.3 Å². The van der Waals surface area contributed by atoms with Gasteiger partial charge in [-0.15, -0.1) is 11.3 Å². The molecule has 61 heavy (non-hydrogen) atoms. The predicted molar refractivity (Wildman–Crippen MR) is 273 cm³/mol. The number of hydrogen-bond acceptors (Lipinski definition) is 2. The van der Waals surface area contributed by atoms with E-state index in [0.29, 0.717) is 9.52 Å². The molecule has 4 heteroatoms. The van der Waals surface area contributed by atoms with Crippen LogP contribution in [0.2, 0.25) is 6.55 Å². The molecule has 2 radical (unpaired) electrons. The van der Waals surface area contributed by atoms with Gasteiger partial charge in [-0.1, -0.05) is 156 Å². The minimum absolute atomic E-state index is 0.00245. The molecule has 2 aliphatic heterocycles. The average Bonchev–Trinajstić information content (AvgIpc) is 3.49. The second-order valence-electron chi connectivity index (χ2n) is 23.1. The zero-order chi connectivity index (χ0) is 43.8. The zero-order valence-electron chi connectivity index (χ0n) is 39.7. The Morgan fingerprint density at radius 2 is 1.25 bits per heavy atom. The molecular formula is C57H66BNSSi. The van der Waals surface area contributed by atoms with E-state index in [4.69, 9.17) is 0 Å². The summed E-state index contributed by atoms with van der Waals surface area (Å²) in [7, 11) is 0.690. The first-order chi connectivity index (χ1) is 28.5. The second-order valence-corrected chi connectivity index (χ2v) is 25.2. The van der Waals surface area contributed by atoms with Gasteiger partial charge < -0.3 is 4.90 Å². The molecule has 5 aromatic carbocycles. The van der Waals surface area contributed by atoms with Gasteiger partial charge in [0.25, 0.3) is 0 Å². The van der Waals surface area contributed by atoms with E-state index in [0.717, 1.165) is 6.42 Å². The number of hydrogen-bond donors (Lipinski definition) is 0. The van der Waals surface area contributed by atoms with E-state index in [1.54, 1.807) is 11.1 Å². The molecule has 3 aliphatic rings. The second kappa shape index (κ2) is 14.2. The summed E-state index contributed by atoms with van der Waals surface area (Å²) in [6.45, 7) is 35.8. The third-order valence-electron chi connectivity index (χ3n) is 14.7. The summed E-state index contributed by atoms with van der Waals surface area (Å²) < 4.78 is 1.44. The van der Waals surface area contributed by atoms with Crippen molar-refractivity contribution >= 4 is 87.9 Å². The predicted octanol–water partition coefficient (Wildman–Crippen LogP) is 13.2. The Labute approximate surface area is 375 Å². The lowest BCUT2D eigenvalue weighted by atomic mass is 9.34. The largest absolute Gasteiger partial charge is 0.312 e. The van der Waals surface area contributed by atoms with E-state index >= 15 is 0 Å². The topological polar surface area (TPSA) is 3.24 Å². The van der Waals surface area contributed by atoms with Gasteiger partial charge in [0.1, 0.15) is 0 Å². The van der Waals surface area contributed by atoms with E-state index in [-0.39, 0.29) is 33.8 Å². The molecule has 312 valence electrons. The molecule has 0 bridgehead atoms. The van der Waals surface area contributed by atoms with E-state index in [2.05, 4.69) is 211 Å². The highest BCUT2D eigenvalue weighted by molar-refractivity contribution is 7.23. The standard InChI is InChI=1S/C57H66BNSSi/c1-34-16-17-39(54(5,6)7)28-35(34)26-37-27-36-29-42(61-15)31-48-50(36)58(51-43-32-44-45(33-49(43)60-52(37)51)57(13,14)25-24-56(44,11)12)46-30-40(55(8,9)10)20-23-47(46)59(48)41-21-18-38(19-22-41)53(2,3)4/h16-23,27-33H,24-26H2,1-15H3. The number of benzene rings is 5. The molecule has 0 amide bonds. The monoisotopic (exact) mass is 835 g/mol. The van der Waals surface area contributed by atoms with Gasteiger partial charge in [0.15, 0.2) is 0 Å². The maximum Gasteiger partial charge on any atom is 0.250 e. The van der Waals surface area contributed by atoms with E-state index < -0.39 is 0 Å². The Kier molecular flexibility index (Phi) is 9.82. The molecular weight excluding hydrogens is 770 g/mol. The SMILES string of the molecule is C[Si]c1cc2c3c(c1)N(c1ccc(C(C)(C)C)cc1)c1ccc(C(C)(C)C)cc1B3c1c(sc3cc4c(cc13)C(C)(C)CCC4(C)C)C(Cc1cc(C(C)(C)C)ccc1C)=C2. The first-order valence-electron chi connectivity index (χ1n) is 22.8. The molecule has 0 saturated carbocycles. The van der Waals surface area contributed by atoms with Crippen molar-refractivity contribution < 1.29 is 0 Å².